The minimum absolute atomic E-state index is 0.0242. The Bertz CT molecular complexity index is 498. The molecule has 0 aliphatic carbocycles. The highest BCUT2D eigenvalue weighted by atomic mass is 32.2. The van der Waals surface area contributed by atoms with Crippen molar-refractivity contribution in [3.8, 4) is 0 Å². The number of amides is 1. The van der Waals surface area contributed by atoms with Crippen LogP contribution in [0.25, 0.3) is 5.70 Å². The van der Waals surface area contributed by atoms with Crippen molar-refractivity contribution in [3.63, 3.8) is 0 Å². The van der Waals surface area contributed by atoms with Crippen molar-refractivity contribution in [2.45, 2.75) is 30.4 Å². The van der Waals surface area contributed by atoms with E-state index in [0.29, 0.717) is 12.2 Å². The van der Waals surface area contributed by atoms with Gasteiger partial charge < -0.3 is 0 Å². The van der Waals surface area contributed by atoms with Crippen LogP contribution in [0.2, 0.25) is 0 Å². The maximum absolute atomic E-state index is 11.7. The first-order valence-electron chi connectivity index (χ1n) is 5.57. The molecule has 0 N–H and O–H groups in total. The molecule has 1 saturated heterocycles. The van der Waals surface area contributed by atoms with E-state index >= 15 is 0 Å². The predicted molar refractivity (Wildman–Crippen MR) is 66.9 cm³/mol. The first-order valence-corrected chi connectivity index (χ1v) is 6.45. The maximum atomic E-state index is 11.7. The van der Waals surface area contributed by atoms with Gasteiger partial charge >= 0.3 is 0 Å². The minimum Gasteiger partial charge on any atom is -0.296 e. The molecule has 17 heavy (non-hydrogen) atoms. The summed E-state index contributed by atoms with van der Waals surface area (Å²) >= 11 is 1.81. The molecule has 1 aromatic rings. The second-order valence-electron chi connectivity index (χ2n) is 4.75. The molecule has 1 fully saturated rings. The zero-order valence-electron chi connectivity index (χ0n) is 9.75. The number of β-lactam (4-membered cyclic amide) rings is 1. The van der Waals surface area contributed by atoms with Gasteiger partial charge in [-0.25, -0.2) is 9.97 Å². The van der Waals surface area contributed by atoms with Crippen LogP contribution in [-0.4, -0.2) is 30.9 Å². The van der Waals surface area contributed by atoms with Crippen molar-refractivity contribution in [1.82, 2.24) is 14.9 Å². The number of aromatic nitrogens is 2. The number of hydrogen-bond donors (Lipinski definition) is 0. The fourth-order valence-electron chi connectivity index (χ4n) is 2.16. The highest BCUT2D eigenvalue weighted by Crippen LogP contribution is 2.47. The summed E-state index contributed by atoms with van der Waals surface area (Å²) in [7, 11) is 0. The monoisotopic (exact) mass is 247 g/mol. The topological polar surface area (TPSA) is 46.1 Å². The summed E-state index contributed by atoms with van der Waals surface area (Å²) in [4.78, 5) is 22.0. The van der Waals surface area contributed by atoms with Gasteiger partial charge in [-0.1, -0.05) is 0 Å². The highest BCUT2D eigenvalue weighted by molar-refractivity contribution is 8.01. The lowest BCUT2D eigenvalue weighted by Crippen LogP contribution is -2.53. The molecule has 4 nitrogen and oxygen atoms in total. The SMILES string of the molecule is CC1(C)C=C(c2ncccn2)N2C(=O)C[C@H]2S1. The van der Waals surface area contributed by atoms with E-state index in [1.165, 1.54) is 0 Å². The molecule has 1 amide bonds. The van der Waals surface area contributed by atoms with Crippen molar-refractivity contribution in [1.29, 1.82) is 0 Å². The lowest BCUT2D eigenvalue weighted by Gasteiger charge is -2.47. The maximum Gasteiger partial charge on any atom is 0.231 e. The number of fused-ring (bicyclic) bond motifs is 1. The quantitative estimate of drug-likeness (QED) is 0.711. The first-order chi connectivity index (χ1) is 8.07. The lowest BCUT2D eigenvalue weighted by molar-refractivity contribution is -0.136. The van der Waals surface area contributed by atoms with E-state index in [0.717, 1.165) is 5.70 Å². The molecule has 88 valence electrons. The number of rotatable bonds is 1. The van der Waals surface area contributed by atoms with Crippen LogP contribution in [0.4, 0.5) is 0 Å². The number of thioether (sulfide) groups is 1. The minimum atomic E-state index is 0.0242. The molecular weight excluding hydrogens is 234 g/mol. The first kappa shape index (κ1) is 10.8. The van der Waals surface area contributed by atoms with E-state index < -0.39 is 0 Å². The molecule has 0 aromatic carbocycles. The van der Waals surface area contributed by atoms with Crippen molar-refractivity contribution in [2.75, 3.05) is 0 Å². The van der Waals surface area contributed by atoms with E-state index in [-0.39, 0.29) is 16.0 Å². The smallest absolute Gasteiger partial charge is 0.231 e. The van der Waals surface area contributed by atoms with E-state index in [2.05, 4.69) is 29.9 Å². The van der Waals surface area contributed by atoms with E-state index in [1.54, 1.807) is 18.5 Å². The average Bonchev–Trinajstić information content (AvgIpc) is 2.27. The van der Waals surface area contributed by atoms with Gasteiger partial charge in [0.25, 0.3) is 0 Å². The average molecular weight is 247 g/mol. The van der Waals surface area contributed by atoms with Crippen molar-refractivity contribution in [3.05, 3.63) is 30.4 Å². The van der Waals surface area contributed by atoms with E-state index in [1.807, 2.05) is 16.7 Å². The second kappa shape index (κ2) is 3.57. The Hall–Kier alpha value is -1.36. The molecule has 2 aliphatic rings. The predicted octanol–water partition coefficient (Wildman–Crippen LogP) is 1.90. The molecule has 2 aliphatic heterocycles. The molecule has 0 unspecified atom stereocenters. The van der Waals surface area contributed by atoms with Crippen molar-refractivity contribution >= 4 is 23.4 Å². The molecule has 0 saturated carbocycles. The Labute approximate surface area is 104 Å². The van der Waals surface area contributed by atoms with Crippen LogP contribution >= 0.6 is 11.8 Å². The van der Waals surface area contributed by atoms with Gasteiger partial charge in [0.2, 0.25) is 5.91 Å². The fraction of sp³-hybridized carbons (Fsp3) is 0.417. The number of carbonyl (C=O) groups excluding carboxylic acids is 1. The molecule has 1 aromatic heterocycles. The summed E-state index contributed by atoms with van der Waals surface area (Å²) < 4.78 is 0.0242. The normalized spacial score (nSPS) is 26.0. The largest absolute Gasteiger partial charge is 0.296 e. The van der Waals surface area contributed by atoms with Crippen molar-refractivity contribution in [2.24, 2.45) is 0 Å². The summed E-state index contributed by atoms with van der Waals surface area (Å²) in [5.41, 5.74) is 0.857. The van der Waals surface area contributed by atoms with Crippen LogP contribution in [0.5, 0.6) is 0 Å². The molecule has 5 heteroatoms. The van der Waals surface area contributed by atoms with Crippen LogP contribution in [0.3, 0.4) is 0 Å². The van der Waals surface area contributed by atoms with Gasteiger partial charge in [0.1, 0.15) is 0 Å². The Morgan fingerprint density at radius 3 is 2.76 bits per heavy atom. The zero-order chi connectivity index (χ0) is 12.0. The van der Waals surface area contributed by atoms with Gasteiger partial charge in [-0.2, -0.15) is 0 Å². The molecule has 3 rings (SSSR count). The molecule has 1 atom stereocenters. The van der Waals surface area contributed by atoms with Gasteiger partial charge in [0.15, 0.2) is 5.82 Å². The summed E-state index contributed by atoms with van der Waals surface area (Å²) in [6, 6.07) is 1.78. The Morgan fingerprint density at radius 2 is 2.12 bits per heavy atom. The standard InChI is InChI=1S/C12H13N3OS/c1-12(2)7-8(11-13-4-3-5-14-11)15-9(16)6-10(15)17-12/h3-5,7,10H,6H2,1-2H3/t10-/m1/s1. The van der Waals surface area contributed by atoms with Gasteiger partial charge in [0, 0.05) is 17.1 Å². The third-order valence-corrected chi connectivity index (χ3v) is 4.26. The van der Waals surface area contributed by atoms with Gasteiger partial charge in [-0.05, 0) is 26.0 Å². The fourth-order valence-corrected chi connectivity index (χ4v) is 3.60. The van der Waals surface area contributed by atoms with Crippen molar-refractivity contribution < 1.29 is 4.79 Å². The second-order valence-corrected chi connectivity index (χ2v) is 6.58. The Kier molecular flexibility index (Phi) is 2.26. The zero-order valence-corrected chi connectivity index (χ0v) is 10.6. The van der Waals surface area contributed by atoms with E-state index in [4.69, 9.17) is 0 Å². The number of nitrogens with zero attached hydrogens (tertiary/aromatic N) is 3. The lowest BCUT2D eigenvalue weighted by atomic mass is 10.1. The summed E-state index contributed by atoms with van der Waals surface area (Å²) in [6.07, 6.45) is 6.12. The molecule has 0 bridgehead atoms. The molecular formula is C12H13N3OS. The summed E-state index contributed by atoms with van der Waals surface area (Å²) in [5, 5.41) is 0.251. The third-order valence-electron chi connectivity index (χ3n) is 2.88. The number of carbonyl (C=O) groups is 1. The Morgan fingerprint density at radius 1 is 1.41 bits per heavy atom. The van der Waals surface area contributed by atoms with E-state index in [9.17, 15) is 4.79 Å². The van der Waals surface area contributed by atoms with Gasteiger partial charge in [-0.3, -0.25) is 9.69 Å². The summed E-state index contributed by atoms with van der Waals surface area (Å²) in [5.74, 6) is 0.802. The molecule has 0 radical (unpaired) electrons. The van der Waals surface area contributed by atoms with Crippen LogP contribution in [-0.2, 0) is 4.79 Å². The van der Waals surface area contributed by atoms with Crippen LogP contribution in [0, 0.1) is 0 Å². The molecule has 0 spiro atoms. The number of hydrogen-bond acceptors (Lipinski definition) is 4. The molecule has 3 heterocycles. The third kappa shape index (κ3) is 1.74. The van der Waals surface area contributed by atoms with Crippen LogP contribution < -0.4 is 0 Å². The Balaban J connectivity index is 2.06. The summed E-state index contributed by atoms with van der Waals surface area (Å²) in [6.45, 7) is 4.31. The van der Waals surface area contributed by atoms with Crippen LogP contribution in [0.1, 0.15) is 26.1 Å². The van der Waals surface area contributed by atoms with Gasteiger partial charge in [-0.15, -0.1) is 11.8 Å². The highest BCUT2D eigenvalue weighted by Gasteiger charge is 2.46. The van der Waals surface area contributed by atoms with Crippen LogP contribution in [0.15, 0.2) is 24.5 Å². The van der Waals surface area contributed by atoms with Gasteiger partial charge in [0.05, 0.1) is 17.5 Å².